The van der Waals surface area contributed by atoms with Crippen LogP contribution in [0.25, 0.3) is 0 Å². The van der Waals surface area contributed by atoms with Crippen molar-refractivity contribution in [1.29, 1.82) is 0 Å². The van der Waals surface area contributed by atoms with Crippen LogP contribution < -0.4 is 5.73 Å². The van der Waals surface area contributed by atoms with E-state index in [0.717, 1.165) is 0 Å². The molecule has 0 saturated carbocycles. The Bertz CT molecular complexity index is 413. The SMILES string of the molecule is COC(=O)c1cc(CN)nc(C(F)F)c1Br. The van der Waals surface area contributed by atoms with Crippen LogP contribution in [0.15, 0.2) is 10.5 Å². The summed E-state index contributed by atoms with van der Waals surface area (Å²) in [6, 6.07) is 1.32. The number of nitrogens with zero attached hydrogens (tertiary/aromatic N) is 1. The van der Waals surface area contributed by atoms with E-state index in [4.69, 9.17) is 5.73 Å². The smallest absolute Gasteiger partial charge is 0.339 e. The van der Waals surface area contributed by atoms with Crippen molar-refractivity contribution < 1.29 is 18.3 Å². The maximum atomic E-state index is 12.6. The third kappa shape index (κ3) is 2.53. The number of nitrogens with two attached hydrogens (primary N) is 1. The summed E-state index contributed by atoms with van der Waals surface area (Å²) < 4.78 is 29.6. The van der Waals surface area contributed by atoms with Crippen LogP contribution in [0.1, 0.15) is 28.2 Å². The van der Waals surface area contributed by atoms with E-state index in [1.54, 1.807) is 0 Å². The van der Waals surface area contributed by atoms with Crippen LogP contribution in [0, 0.1) is 0 Å². The Balaban J connectivity index is 3.37. The molecule has 2 N–H and O–H groups in total. The third-order valence-corrected chi connectivity index (χ3v) is 2.69. The van der Waals surface area contributed by atoms with E-state index in [0.29, 0.717) is 0 Å². The molecule has 0 unspecified atom stereocenters. The first-order chi connectivity index (χ1) is 7.51. The molecule has 0 aromatic carbocycles. The zero-order valence-corrected chi connectivity index (χ0v) is 9.92. The summed E-state index contributed by atoms with van der Waals surface area (Å²) >= 11 is 2.90. The van der Waals surface area contributed by atoms with Gasteiger partial charge in [0.1, 0.15) is 5.69 Å². The first-order valence-corrected chi connectivity index (χ1v) is 5.06. The van der Waals surface area contributed by atoms with Gasteiger partial charge in [-0.15, -0.1) is 0 Å². The Labute approximate surface area is 98.9 Å². The molecule has 4 nitrogen and oxygen atoms in total. The van der Waals surface area contributed by atoms with Crippen LogP contribution in [-0.2, 0) is 11.3 Å². The highest BCUT2D eigenvalue weighted by atomic mass is 79.9. The number of aromatic nitrogens is 1. The summed E-state index contributed by atoms with van der Waals surface area (Å²) in [6.07, 6.45) is -2.79. The van der Waals surface area contributed by atoms with Gasteiger partial charge in [0.05, 0.1) is 22.8 Å². The van der Waals surface area contributed by atoms with E-state index in [1.807, 2.05) is 0 Å². The zero-order valence-electron chi connectivity index (χ0n) is 8.34. The van der Waals surface area contributed by atoms with E-state index >= 15 is 0 Å². The minimum absolute atomic E-state index is 0.00625. The molecule has 1 aromatic rings. The lowest BCUT2D eigenvalue weighted by Crippen LogP contribution is -2.10. The van der Waals surface area contributed by atoms with E-state index in [9.17, 15) is 13.6 Å². The molecule has 0 amide bonds. The summed E-state index contributed by atoms with van der Waals surface area (Å²) in [5, 5.41) is 0. The number of esters is 1. The zero-order chi connectivity index (χ0) is 12.3. The van der Waals surface area contributed by atoms with Gasteiger partial charge in [0.15, 0.2) is 0 Å². The van der Waals surface area contributed by atoms with Crippen LogP contribution in [0.4, 0.5) is 8.78 Å². The second kappa shape index (κ2) is 5.31. The van der Waals surface area contributed by atoms with E-state index in [2.05, 4.69) is 25.7 Å². The lowest BCUT2D eigenvalue weighted by Gasteiger charge is -2.09. The topological polar surface area (TPSA) is 65.2 Å². The van der Waals surface area contributed by atoms with Crippen LogP contribution in [-0.4, -0.2) is 18.1 Å². The van der Waals surface area contributed by atoms with Gasteiger partial charge in [0.25, 0.3) is 6.43 Å². The monoisotopic (exact) mass is 294 g/mol. The number of carbonyl (C=O) groups excluding carboxylic acids is 1. The van der Waals surface area contributed by atoms with Gasteiger partial charge in [0.2, 0.25) is 0 Å². The Kier molecular flexibility index (Phi) is 4.31. The number of rotatable bonds is 3. The predicted octanol–water partition coefficient (Wildman–Crippen LogP) is 2.03. The van der Waals surface area contributed by atoms with Gasteiger partial charge in [-0.2, -0.15) is 0 Å². The number of pyridine rings is 1. The number of alkyl halides is 2. The Morgan fingerprint density at radius 3 is 2.75 bits per heavy atom. The molecule has 16 heavy (non-hydrogen) atoms. The normalized spacial score (nSPS) is 10.6. The number of halogens is 3. The first kappa shape index (κ1) is 13.0. The lowest BCUT2D eigenvalue weighted by molar-refractivity contribution is 0.0598. The summed E-state index contributed by atoms with van der Waals surface area (Å²) in [6.45, 7) is -0.0308. The number of hydrogen-bond acceptors (Lipinski definition) is 4. The van der Waals surface area contributed by atoms with Crippen LogP contribution in [0.3, 0.4) is 0 Å². The van der Waals surface area contributed by atoms with Crippen LogP contribution >= 0.6 is 15.9 Å². The van der Waals surface area contributed by atoms with Crippen molar-refractivity contribution in [3.8, 4) is 0 Å². The highest BCUT2D eigenvalue weighted by Gasteiger charge is 2.21. The second-order valence-corrected chi connectivity index (χ2v) is 3.65. The van der Waals surface area contributed by atoms with Crippen molar-refractivity contribution >= 4 is 21.9 Å². The van der Waals surface area contributed by atoms with E-state index < -0.39 is 18.1 Å². The predicted molar refractivity (Wildman–Crippen MR) is 56.1 cm³/mol. The highest BCUT2D eigenvalue weighted by Crippen LogP contribution is 2.29. The summed E-state index contributed by atoms with van der Waals surface area (Å²) in [7, 11) is 1.17. The van der Waals surface area contributed by atoms with E-state index in [1.165, 1.54) is 13.2 Å². The fourth-order valence-corrected chi connectivity index (χ4v) is 1.65. The van der Waals surface area contributed by atoms with Gasteiger partial charge in [-0.25, -0.2) is 18.6 Å². The molecule has 0 aliphatic rings. The largest absolute Gasteiger partial charge is 0.465 e. The number of hydrogen-bond donors (Lipinski definition) is 1. The molecule has 0 saturated heterocycles. The molecule has 0 aliphatic heterocycles. The highest BCUT2D eigenvalue weighted by molar-refractivity contribution is 9.10. The van der Waals surface area contributed by atoms with Gasteiger partial charge in [-0.1, -0.05) is 0 Å². The molecule has 1 aromatic heterocycles. The molecule has 0 spiro atoms. The second-order valence-electron chi connectivity index (χ2n) is 2.86. The van der Waals surface area contributed by atoms with Gasteiger partial charge < -0.3 is 10.5 Å². The maximum Gasteiger partial charge on any atom is 0.339 e. The molecule has 0 fully saturated rings. The summed E-state index contributed by atoms with van der Waals surface area (Å²) in [5.74, 6) is -0.717. The molecular formula is C9H9BrF2N2O2. The molecule has 7 heteroatoms. The molecule has 0 atom stereocenters. The van der Waals surface area contributed by atoms with Crippen molar-refractivity contribution in [1.82, 2.24) is 4.98 Å². The lowest BCUT2D eigenvalue weighted by atomic mass is 10.2. The average molecular weight is 295 g/mol. The van der Waals surface area contributed by atoms with Crippen molar-refractivity contribution in [3.63, 3.8) is 0 Å². The molecule has 88 valence electrons. The van der Waals surface area contributed by atoms with Gasteiger partial charge in [-0.3, -0.25) is 0 Å². The Morgan fingerprint density at radius 1 is 1.69 bits per heavy atom. The van der Waals surface area contributed by atoms with Gasteiger partial charge in [-0.05, 0) is 22.0 Å². The minimum atomic E-state index is -2.79. The van der Waals surface area contributed by atoms with Crippen molar-refractivity contribution in [2.75, 3.05) is 7.11 Å². The quantitative estimate of drug-likeness (QED) is 0.866. The average Bonchev–Trinajstić information content (AvgIpc) is 2.28. The third-order valence-electron chi connectivity index (χ3n) is 1.86. The Hall–Kier alpha value is -1.08. The maximum absolute atomic E-state index is 12.6. The fraction of sp³-hybridized carbons (Fsp3) is 0.333. The minimum Gasteiger partial charge on any atom is -0.465 e. The van der Waals surface area contributed by atoms with Gasteiger partial charge in [0, 0.05) is 6.54 Å². The summed E-state index contributed by atoms with van der Waals surface area (Å²) in [4.78, 5) is 14.9. The first-order valence-electron chi connectivity index (χ1n) is 4.27. The molecule has 0 aliphatic carbocycles. The fourth-order valence-electron chi connectivity index (χ4n) is 1.11. The molecule has 1 heterocycles. The van der Waals surface area contributed by atoms with Crippen molar-refractivity contribution in [2.24, 2.45) is 5.73 Å². The van der Waals surface area contributed by atoms with Crippen LogP contribution in [0.2, 0.25) is 0 Å². The number of ether oxygens (including phenoxy) is 1. The molecule has 0 bridgehead atoms. The number of methoxy groups -OCH3 is 1. The van der Waals surface area contributed by atoms with Crippen molar-refractivity contribution in [2.45, 2.75) is 13.0 Å². The molecule has 0 radical (unpaired) electrons. The van der Waals surface area contributed by atoms with Crippen molar-refractivity contribution in [3.05, 3.63) is 27.5 Å². The number of carbonyl (C=O) groups is 1. The van der Waals surface area contributed by atoms with Gasteiger partial charge >= 0.3 is 5.97 Å². The Morgan fingerprint density at radius 2 is 2.31 bits per heavy atom. The standard InChI is InChI=1S/C9H9BrF2N2O2/c1-16-9(15)5-2-4(3-13)14-7(6(5)10)8(11)12/h2,8H,3,13H2,1H3. The molecular weight excluding hydrogens is 286 g/mol. The van der Waals surface area contributed by atoms with E-state index in [-0.39, 0.29) is 22.3 Å². The molecule has 1 rings (SSSR count). The van der Waals surface area contributed by atoms with Crippen LogP contribution in [0.5, 0.6) is 0 Å². The summed E-state index contributed by atoms with van der Waals surface area (Å²) in [5.41, 5.74) is 4.99.